The molecule has 0 aliphatic carbocycles. The Morgan fingerprint density at radius 1 is 1.12 bits per heavy atom. The van der Waals surface area contributed by atoms with Crippen molar-refractivity contribution in [2.45, 2.75) is 17.4 Å². The predicted molar refractivity (Wildman–Crippen MR) is 98.1 cm³/mol. The zero-order valence-electron chi connectivity index (χ0n) is 13.5. The summed E-state index contributed by atoms with van der Waals surface area (Å²) in [6.07, 6.45) is 0.449. The number of anilines is 1. The molecule has 0 bridgehead atoms. The van der Waals surface area contributed by atoms with Gasteiger partial charge in [-0.25, -0.2) is 12.8 Å². The highest BCUT2D eigenvalue weighted by atomic mass is 32.2. The van der Waals surface area contributed by atoms with Gasteiger partial charge in [0.2, 0.25) is 5.91 Å². The van der Waals surface area contributed by atoms with Crippen LogP contribution in [-0.4, -0.2) is 37.6 Å². The minimum atomic E-state index is -3.10. The Balaban J connectivity index is 1.76. The van der Waals surface area contributed by atoms with Crippen LogP contribution in [0.3, 0.4) is 0 Å². The van der Waals surface area contributed by atoms with Gasteiger partial charge in [-0.05, 0) is 42.8 Å². The van der Waals surface area contributed by atoms with Gasteiger partial charge < -0.3 is 4.90 Å². The van der Waals surface area contributed by atoms with Crippen LogP contribution >= 0.6 is 11.8 Å². The van der Waals surface area contributed by atoms with Crippen LogP contribution in [0.2, 0.25) is 0 Å². The molecule has 1 aliphatic rings. The maximum Gasteiger partial charge on any atom is 0.237 e. The Hall–Kier alpha value is -1.86. The summed E-state index contributed by atoms with van der Waals surface area (Å²) in [5.74, 6) is -0.203. The van der Waals surface area contributed by atoms with Crippen LogP contribution in [0.15, 0.2) is 59.5 Å². The van der Waals surface area contributed by atoms with Crippen LogP contribution in [0.1, 0.15) is 6.42 Å². The third-order valence-electron chi connectivity index (χ3n) is 4.05. The first kappa shape index (κ1) is 17.9. The van der Waals surface area contributed by atoms with Crippen LogP contribution in [0.5, 0.6) is 0 Å². The number of nitrogens with zero attached hydrogens (tertiary/aromatic N) is 1. The van der Waals surface area contributed by atoms with E-state index in [-0.39, 0.29) is 35.0 Å². The molecule has 1 amide bonds. The van der Waals surface area contributed by atoms with Crippen molar-refractivity contribution in [1.29, 1.82) is 0 Å². The molecule has 1 saturated heterocycles. The lowest BCUT2D eigenvalue weighted by molar-refractivity contribution is -0.116. The number of sulfone groups is 1. The van der Waals surface area contributed by atoms with Crippen molar-refractivity contribution in [3.63, 3.8) is 0 Å². The van der Waals surface area contributed by atoms with E-state index < -0.39 is 9.84 Å². The molecular weight excluding hydrogens is 361 g/mol. The minimum Gasteiger partial charge on any atom is -0.308 e. The second-order valence-corrected chi connectivity index (χ2v) is 9.18. The summed E-state index contributed by atoms with van der Waals surface area (Å²) < 4.78 is 36.6. The molecule has 2 aromatic carbocycles. The van der Waals surface area contributed by atoms with Crippen molar-refractivity contribution in [3.05, 3.63) is 60.4 Å². The summed E-state index contributed by atoms with van der Waals surface area (Å²) in [4.78, 5) is 15.2. The Morgan fingerprint density at radius 3 is 2.40 bits per heavy atom. The Bertz CT molecular complexity index is 838. The fourth-order valence-electron chi connectivity index (χ4n) is 2.87. The summed E-state index contributed by atoms with van der Waals surface area (Å²) in [6.45, 7) is 0. The van der Waals surface area contributed by atoms with E-state index in [9.17, 15) is 17.6 Å². The fraction of sp³-hybridized carbons (Fsp3) is 0.278. The monoisotopic (exact) mass is 379 g/mol. The Morgan fingerprint density at radius 2 is 1.80 bits per heavy atom. The first-order chi connectivity index (χ1) is 11.9. The number of carbonyl (C=O) groups is 1. The summed E-state index contributed by atoms with van der Waals surface area (Å²) >= 11 is 1.31. The summed E-state index contributed by atoms with van der Waals surface area (Å²) in [7, 11) is -3.10. The van der Waals surface area contributed by atoms with Crippen molar-refractivity contribution in [3.8, 4) is 0 Å². The lowest BCUT2D eigenvalue weighted by Gasteiger charge is -2.28. The molecule has 0 radical (unpaired) electrons. The van der Waals surface area contributed by atoms with Crippen molar-refractivity contribution >= 4 is 33.2 Å². The first-order valence-corrected chi connectivity index (χ1v) is 10.7. The molecule has 1 aliphatic heterocycles. The van der Waals surface area contributed by atoms with Crippen LogP contribution in [0.25, 0.3) is 0 Å². The largest absolute Gasteiger partial charge is 0.308 e. The predicted octanol–water partition coefficient (Wildman–Crippen LogP) is 3.14. The van der Waals surface area contributed by atoms with E-state index in [2.05, 4.69) is 0 Å². The number of rotatable bonds is 5. The van der Waals surface area contributed by atoms with Gasteiger partial charge in [-0.3, -0.25) is 4.79 Å². The zero-order valence-corrected chi connectivity index (χ0v) is 15.1. The summed E-state index contributed by atoms with van der Waals surface area (Å²) in [6, 6.07) is 14.7. The fourth-order valence-corrected chi connectivity index (χ4v) is 5.33. The van der Waals surface area contributed by atoms with Gasteiger partial charge in [0.05, 0.1) is 23.3 Å². The molecule has 132 valence electrons. The average molecular weight is 379 g/mol. The van der Waals surface area contributed by atoms with Crippen molar-refractivity contribution in [2.24, 2.45) is 0 Å². The van der Waals surface area contributed by atoms with Gasteiger partial charge in [-0.1, -0.05) is 18.2 Å². The second kappa shape index (κ2) is 7.58. The third kappa shape index (κ3) is 4.61. The van der Waals surface area contributed by atoms with Gasteiger partial charge in [-0.2, -0.15) is 0 Å². The van der Waals surface area contributed by atoms with Gasteiger partial charge in [-0.15, -0.1) is 11.8 Å². The van der Waals surface area contributed by atoms with Crippen LogP contribution in [-0.2, 0) is 14.6 Å². The van der Waals surface area contributed by atoms with E-state index in [4.69, 9.17) is 0 Å². The SMILES string of the molecule is O=C(CSc1ccc(F)cc1)N(c1ccccc1)[C@H]1CCS(=O)(=O)C1. The molecule has 1 heterocycles. The molecule has 3 rings (SSSR count). The van der Waals surface area contributed by atoms with E-state index in [0.717, 1.165) is 4.90 Å². The highest BCUT2D eigenvalue weighted by Crippen LogP contribution is 2.27. The van der Waals surface area contributed by atoms with Gasteiger partial charge in [0, 0.05) is 10.6 Å². The maximum absolute atomic E-state index is 13.0. The number of para-hydroxylation sites is 1. The summed E-state index contributed by atoms with van der Waals surface area (Å²) in [5.41, 5.74) is 0.703. The van der Waals surface area contributed by atoms with E-state index in [1.54, 1.807) is 17.0 Å². The number of amides is 1. The Labute approximate surface area is 151 Å². The van der Waals surface area contributed by atoms with E-state index >= 15 is 0 Å². The molecule has 0 N–H and O–H groups in total. The summed E-state index contributed by atoms with van der Waals surface area (Å²) in [5, 5.41) is 0. The highest BCUT2D eigenvalue weighted by Gasteiger charge is 2.35. The third-order valence-corrected chi connectivity index (χ3v) is 6.80. The van der Waals surface area contributed by atoms with Crippen molar-refractivity contribution in [1.82, 2.24) is 0 Å². The number of halogens is 1. The molecule has 0 saturated carbocycles. The van der Waals surface area contributed by atoms with E-state index in [1.807, 2.05) is 30.3 Å². The smallest absolute Gasteiger partial charge is 0.237 e. The lowest BCUT2D eigenvalue weighted by Crippen LogP contribution is -2.42. The number of hydrogen-bond donors (Lipinski definition) is 0. The molecule has 4 nitrogen and oxygen atoms in total. The second-order valence-electron chi connectivity index (χ2n) is 5.90. The van der Waals surface area contributed by atoms with Crippen molar-refractivity contribution in [2.75, 3.05) is 22.2 Å². The first-order valence-electron chi connectivity index (χ1n) is 7.90. The quantitative estimate of drug-likeness (QED) is 0.749. The molecule has 0 aromatic heterocycles. The van der Waals surface area contributed by atoms with Gasteiger partial charge >= 0.3 is 0 Å². The number of benzene rings is 2. The highest BCUT2D eigenvalue weighted by molar-refractivity contribution is 8.00. The van der Waals surface area contributed by atoms with Crippen LogP contribution < -0.4 is 4.90 Å². The molecule has 25 heavy (non-hydrogen) atoms. The molecule has 0 unspecified atom stereocenters. The van der Waals surface area contributed by atoms with Gasteiger partial charge in [0.1, 0.15) is 5.82 Å². The molecule has 7 heteroatoms. The molecular formula is C18H18FNO3S2. The number of carbonyl (C=O) groups excluding carboxylic acids is 1. The number of hydrogen-bond acceptors (Lipinski definition) is 4. The molecule has 0 spiro atoms. The molecule has 1 fully saturated rings. The van der Waals surface area contributed by atoms with E-state index in [1.165, 1.54) is 23.9 Å². The zero-order chi connectivity index (χ0) is 17.9. The Kier molecular flexibility index (Phi) is 5.44. The maximum atomic E-state index is 13.0. The standard InChI is InChI=1S/C18H18FNO3S2/c19-14-6-8-17(9-7-14)24-12-18(21)20(15-4-2-1-3-5-15)16-10-11-25(22,23)13-16/h1-9,16H,10-13H2/t16-/m0/s1. The minimum absolute atomic E-state index is 0.00511. The van der Waals surface area contributed by atoms with Gasteiger partial charge in [0.25, 0.3) is 0 Å². The topological polar surface area (TPSA) is 54.5 Å². The van der Waals surface area contributed by atoms with Crippen LogP contribution in [0, 0.1) is 5.82 Å². The van der Waals surface area contributed by atoms with Crippen molar-refractivity contribution < 1.29 is 17.6 Å². The molecule has 2 aromatic rings. The van der Waals surface area contributed by atoms with Crippen LogP contribution in [0.4, 0.5) is 10.1 Å². The molecule has 1 atom stereocenters. The number of thioether (sulfide) groups is 1. The van der Waals surface area contributed by atoms with E-state index in [0.29, 0.717) is 12.1 Å². The van der Waals surface area contributed by atoms with Gasteiger partial charge in [0.15, 0.2) is 9.84 Å². The average Bonchev–Trinajstić information content (AvgIpc) is 2.95. The lowest BCUT2D eigenvalue weighted by atomic mass is 10.2. The normalized spacial score (nSPS) is 18.8.